The SMILES string of the molecule is C=CCCC(=O)N(Cc1ccccc1)OC(=O)c1ccccc1. The molecule has 0 aliphatic carbocycles. The normalized spacial score (nSPS) is 9.91. The minimum absolute atomic E-state index is 0.218. The largest absolute Gasteiger partial charge is 0.363 e. The molecule has 2 aromatic rings. The number of amides is 1. The summed E-state index contributed by atoms with van der Waals surface area (Å²) in [5.41, 5.74) is 1.29. The molecule has 0 spiro atoms. The van der Waals surface area contributed by atoms with Crippen LogP contribution in [0.4, 0.5) is 0 Å². The van der Waals surface area contributed by atoms with Crippen molar-refractivity contribution in [3.05, 3.63) is 84.4 Å². The molecule has 0 heterocycles. The van der Waals surface area contributed by atoms with Crippen LogP contribution in [0.2, 0.25) is 0 Å². The zero-order valence-electron chi connectivity index (χ0n) is 12.9. The Kier molecular flexibility index (Phi) is 6.12. The number of nitrogens with zero attached hydrogens (tertiary/aromatic N) is 1. The highest BCUT2D eigenvalue weighted by atomic mass is 16.7. The van der Waals surface area contributed by atoms with Crippen molar-refractivity contribution in [1.29, 1.82) is 0 Å². The standard InChI is InChI=1S/C19H19NO3/c1-2-3-14-18(21)20(15-16-10-6-4-7-11-16)23-19(22)17-12-8-5-9-13-17/h2,4-13H,1,3,14-15H2. The van der Waals surface area contributed by atoms with Crippen molar-refractivity contribution in [2.75, 3.05) is 0 Å². The topological polar surface area (TPSA) is 46.6 Å². The van der Waals surface area contributed by atoms with E-state index < -0.39 is 5.97 Å². The second kappa shape index (κ2) is 8.54. The molecule has 0 atom stereocenters. The van der Waals surface area contributed by atoms with Crippen LogP contribution in [0.3, 0.4) is 0 Å². The van der Waals surface area contributed by atoms with Crippen molar-refractivity contribution in [3.8, 4) is 0 Å². The van der Waals surface area contributed by atoms with E-state index in [0.717, 1.165) is 10.6 Å². The number of carbonyl (C=O) groups excluding carboxylic acids is 2. The second-order valence-electron chi connectivity index (χ2n) is 4.99. The minimum Gasteiger partial charge on any atom is -0.332 e. The van der Waals surface area contributed by atoms with Crippen LogP contribution >= 0.6 is 0 Å². The summed E-state index contributed by atoms with van der Waals surface area (Å²) in [6, 6.07) is 18.0. The number of allylic oxidation sites excluding steroid dienone is 1. The van der Waals surface area contributed by atoms with Crippen molar-refractivity contribution in [2.45, 2.75) is 19.4 Å². The van der Waals surface area contributed by atoms with E-state index in [1.807, 2.05) is 36.4 Å². The van der Waals surface area contributed by atoms with Crippen LogP contribution < -0.4 is 0 Å². The molecule has 0 aliphatic rings. The van der Waals surface area contributed by atoms with E-state index in [4.69, 9.17) is 4.84 Å². The Morgan fingerprint density at radius 1 is 1.00 bits per heavy atom. The van der Waals surface area contributed by atoms with Crippen molar-refractivity contribution in [2.24, 2.45) is 0 Å². The number of carbonyl (C=O) groups is 2. The smallest absolute Gasteiger partial charge is 0.332 e. The molecule has 118 valence electrons. The van der Waals surface area contributed by atoms with Crippen molar-refractivity contribution < 1.29 is 14.4 Å². The van der Waals surface area contributed by atoms with E-state index in [2.05, 4.69) is 6.58 Å². The quantitative estimate of drug-likeness (QED) is 0.603. The summed E-state index contributed by atoms with van der Waals surface area (Å²) in [4.78, 5) is 29.8. The van der Waals surface area contributed by atoms with Crippen LogP contribution in [-0.2, 0) is 16.2 Å². The predicted octanol–water partition coefficient (Wildman–Crippen LogP) is 3.75. The fraction of sp³-hybridized carbons (Fsp3) is 0.158. The zero-order chi connectivity index (χ0) is 16.5. The molecule has 2 rings (SSSR count). The molecule has 0 aromatic heterocycles. The first kappa shape index (κ1) is 16.5. The fourth-order valence-electron chi connectivity index (χ4n) is 2.00. The molecule has 4 nitrogen and oxygen atoms in total. The van der Waals surface area contributed by atoms with Gasteiger partial charge in [0.25, 0.3) is 5.91 Å². The maximum atomic E-state index is 12.3. The molecule has 0 aliphatic heterocycles. The third kappa shape index (κ3) is 5.11. The molecule has 0 saturated heterocycles. The van der Waals surface area contributed by atoms with Crippen LogP contribution in [0.15, 0.2) is 73.3 Å². The van der Waals surface area contributed by atoms with Gasteiger partial charge in [-0.25, -0.2) is 4.79 Å². The van der Waals surface area contributed by atoms with E-state index in [-0.39, 0.29) is 18.9 Å². The zero-order valence-corrected chi connectivity index (χ0v) is 12.9. The van der Waals surface area contributed by atoms with Gasteiger partial charge in [0, 0.05) is 6.42 Å². The van der Waals surface area contributed by atoms with Gasteiger partial charge in [-0.2, -0.15) is 5.06 Å². The highest BCUT2D eigenvalue weighted by molar-refractivity contribution is 5.90. The third-order valence-corrected chi connectivity index (χ3v) is 3.21. The van der Waals surface area contributed by atoms with Crippen molar-refractivity contribution in [3.63, 3.8) is 0 Å². The Morgan fingerprint density at radius 2 is 1.61 bits per heavy atom. The van der Waals surface area contributed by atoms with Gasteiger partial charge in [-0.05, 0) is 24.1 Å². The molecular weight excluding hydrogens is 290 g/mol. The average Bonchev–Trinajstić information content (AvgIpc) is 2.60. The maximum absolute atomic E-state index is 12.3. The monoisotopic (exact) mass is 309 g/mol. The van der Waals surface area contributed by atoms with Crippen LogP contribution in [0.5, 0.6) is 0 Å². The van der Waals surface area contributed by atoms with Gasteiger partial charge in [0.2, 0.25) is 0 Å². The number of rotatable bonds is 6. The molecule has 0 radical (unpaired) electrons. The Balaban J connectivity index is 2.11. The first-order valence-electron chi connectivity index (χ1n) is 7.43. The van der Waals surface area contributed by atoms with Gasteiger partial charge >= 0.3 is 5.97 Å². The molecule has 0 fully saturated rings. The summed E-state index contributed by atoms with van der Waals surface area (Å²) >= 11 is 0. The Bertz CT molecular complexity index is 653. The minimum atomic E-state index is -0.548. The lowest BCUT2D eigenvalue weighted by Gasteiger charge is -2.21. The van der Waals surface area contributed by atoms with E-state index in [9.17, 15) is 9.59 Å². The predicted molar refractivity (Wildman–Crippen MR) is 88.3 cm³/mol. The van der Waals surface area contributed by atoms with Gasteiger partial charge in [0.05, 0.1) is 12.1 Å². The maximum Gasteiger partial charge on any atom is 0.363 e. The highest BCUT2D eigenvalue weighted by Crippen LogP contribution is 2.11. The lowest BCUT2D eigenvalue weighted by atomic mass is 10.2. The number of hydrogen-bond acceptors (Lipinski definition) is 3. The summed E-state index contributed by atoms with van der Waals surface area (Å²) in [5, 5.41) is 1.12. The summed E-state index contributed by atoms with van der Waals surface area (Å²) in [6.45, 7) is 3.82. The lowest BCUT2D eigenvalue weighted by molar-refractivity contribution is -0.170. The fourth-order valence-corrected chi connectivity index (χ4v) is 2.00. The molecular formula is C19H19NO3. The first-order chi connectivity index (χ1) is 11.2. The first-order valence-corrected chi connectivity index (χ1v) is 7.43. The van der Waals surface area contributed by atoms with Crippen molar-refractivity contribution in [1.82, 2.24) is 5.06 Å². The summed E-state index contributed by atoms with van der Waals surface area (Å²) < 4.78 is 0. The Morgan fingerprint density at radius 3 is 2.22 bits per heavy atom. The van der Waals surface area contributed by atoms with Crippen molar-refractivity contribution >= 4 is 11.9 Å². The molecule has 23 heavy (non-hydrogen) atoms. The lowest BCUT2D eigenvalue weighted by Crippen LogP contribution is -2.33. The van der Waals surface area contributed by atoms with Crippen LogP contribution in [-0.4, -0.2) is 16.9 Å². The number of benzene rings is 2. The van der Waals surface area contributed by atoms with Gasteiger partial charge in [-0.15, -0.1) is 6.58 Å². The van der Waals surface area contributed by atoms with Gasteiger partial charge in [0.1, 0.15) is 0 Å². The Labute approximate surface area is 136 Å². The van der Waals surface area contributed by atoms with Crippen LogP contribution in [0, 0.1) is 0 Å². The molecule has 2 aromatic carbocycles. The molecule has 0 unspecified atom stereocenters. The molecule has 0 N–H and O–H groups in total. The number of hydroxylamine groups is 2. The molecule has 4 heteroatoms. The van der Waals surface area contributed by atoms with E-state index >= 15 is 0 Å². The Hall–Kier alpha value is -2.88. The van der Waals surface area contributed by atoms with E-state index in [1.165, 1.54) is 0 Å². The highest BCUT2D eigenvalue weighted by Gasteiger charge is 2.19. The van der Waals surface area contributed by atoms with E-state index in [1.54, 1.807) is 30.3 Å². The van der Waals surface area contributed by atoms with Gasteiger partial charge < -0.3 is 4.84 Å². The summed E-state index contributed by atoms with van der Waals surface area (Å²) in [5.74, 6) is -0.800. The summed E-state index contributed by atoms with van der Waals surface area (Å²) in [6.07, 6.45) is 2.45. The molecule has 0 saturated carbocycles. The van der Waals surface area contributed by atoms with Gasteiger partial charge in [-0.3, -0.25) is 4.79 Å². The molecule has 1 amide bonds. The second-order valence-corrected chi connectivity index (χ2v) is 4.99. The van der Waals surface area contributed by atoms with Crippen LogP contribution in [0.25, 0.3) is 0 Å². The number of hydrogen-bond donors (Lipinski definition) is 0. The average molecular weight is 309 g/mol. The third-order valence-electron chi connectivity index (χ3n) is 3.21. The van der Waals surface area contributed by atoms with Gasteiger partial charge in [0.15, 0.2) is 0 Å². The van der Waals surface area contributed by atoms with E-state index in [0.29, 0.717) is 12.0 Å². The summed E-state index contributed by atoms with van der Waals surface area (Å²) in [7, 11) is 0. The van der Waals surface area contributed by atoms with Crippen LogP contribution in [0.1, 0.15) is 28.8 Å². The van der Waals surface area contributed by atoms with Gasteiger partial charge in [-0.1, -0.05) is 54.6 Å². The molecule has 0 bridgehead atoms.